The second-order valence-electron chi connectivity index (χ2n) is 7.03. The van der Waals surface area contributed by atoms with Gasteiger partial charge >= 0.3 is 0 Å². The van der Waals surface area contributed by atoms with Crippen molar-refractivity contribution in [3.05, 3.63) is 94.3 Å². The number of hydrogen-bond acceptors (Lipinski definition) is 6. The third kappa shape index (κ3) is 4.70. The van der Waals surface area contributed by atoms with Crippen LogP contribution in [0.25, 0.3) is 16.6 Å². The standard InChI is InChI=1S/C24H20N4O3S/c1-16-10-12-18(13-11-16)28-23(31)19-7-3-4-8-20(19)26-24(28)32-15-22(30)27-25-14-17-6-2-5-9-21(17)29/h2-14,29H,15H2,1H3,(H,27,30). The molecule has 0 saturated heterocycles. The molecule has 160 valence electrons. The van der Waals surface area contributed by atoms with Crippen molar-refractivity contribution in [2.45, 2.75) is 12.1 Å². The van der Waals surface area contributed by atoms with Crippen molar-refractivity contribution in [3.8, 4) is 11.4 Å². The minimum absolute atomic E-state index is 0.00868. The van der Waals surface area contributed by atoms with E-state index in [2.05, 4.69) is 15.5 Å². The molecule has 1 aromatic heterocycles. The summed E-state index contributed by atoms with van der Waals surface area (Å²) in [6.45, 7) is 1.97. The van der Waals surface area contributed by atoms with Crippen molar-refractivity contribution in [1.29, 1.82) is 0 Å². The Morgan fingerprint density at radius 1 is 1.09 bits per heavy atom. The predicted octanol–water partition coefficient (Wildman–Crippen LogP) is 3.64. The van der Waals surface area contributed by atoms with Crippen LogP contribution in [-0.2, 0) is 4.79 Å². The van der Waals surface area contributed by atoms with E-state index in [9.17, 15) is 14.7 Å². The lowest BCUT2D eigenvalue weighted by molar-refractivity contribution is -0.118. The number of thioether (sulfide) groups is 1. The summed E-state index contributed by atoms with van der Waals surface area (Å²) in [6, 6.07) is 21.4. The van der Waals surface area contributed by atoms with Gasteiger partial charge in [-0.1, -0.05) is 53.7 Å². The Morgan fingerprint density at radius 3 is 2.59 bits per heavy atom. The van der Waals surface area contributed by atoms with Crippen molar-refractivity contribution < 1.29 is 9.90 Å². The molecule has 2 N–H and O–H groups in total. The van der Waals surface area contributed by atoms with Crippen molar-refractivity contribution in [3.63, 3.8) is 0 Å². The van der Waals surface area contributed by atoms with Crippen LogP contribution in [-0.4, -0.2) is 32.5 Å². The molecule has 1 amide bonds. The zero-order valence-electron chi connectivity index (χ0n) is 17.2. The summed E-state index contributed by atoms with van der Waals surface area (Å²) < 4.78 is 1.52. The number of carbonyl (C=O) groups excluding carboxylic acids is 1. The molecule has 7 nitrogen and oxygen atoms in total. The van der Waals surface area contributed by atoms with Gasteiger partial charge in [0.15, 0.2) is 5.16 Å². The van der Waals surface area contributed by atoms with Gasteiger partial charge in [-0.3, -0.25) is 14.2 Å². The molecule has 0 aliphatic carbocycles. The van der Waals surface area contributed by atoms with Crippen LogP contribution in [0.3, 0.4) is 0 Å². The van der Waals surface area contributed by atoms with Crippen molar-refractivity contribution in [2.75, 3.05) is 5.75 Å². The first-order chi connectivity index (χ1) is 15.5. The smallest absolute Gasteiger partial charge is 0.266 e. The van der Waals surface area contributed by atoms with Gasteiger partial charge in [0.05, 0.1) is 28.6 Å². The summed E-state index contributed by atoms with van der Waals surface area (Å²) in [5.41, 5.74) is 5.05. The monoisotopic (exact) mass is 444 g/mol. The average molecular weight is 445 g/mol. The molecular weight excluding hydrogens is 424 g/mol. The SMILES string of the molecule is Cc1ccc(-n2c(SCC(=O)NN=Cc3ccccc3O)nc3ccccc3c2=O)cc1. The Labute approximate surface area is 188 Å². The second-order valence-corrected chi connectivity index (χ2v) is 7.97. The zero-order chi connectivity index (χ0) is 22.5. The Morgan fingerprint density at radius 2 is 1.81 bits per heavy atom. The fourth-order valence-corrected chi connectivity index (χ4v) is 3.87. The molecule has 0 saturated carbocycles. The topological polar surface area (TPSA) is 96.6 Å². The lowest BCUT2D eigenvalue weighted by Crippen LogP contribution is -2.24. The number of hydrogen-bond donors (Lipinski definition) is 2. The number of nitrogens with one attached hydrogen (secondary N) is 1. The van der Waals surface area contributed by atoms with E-state index in [0.717, 1.165) is 17.3 Å². The van der Waals surface area contributed by atoms with Gasteiger partial charge in [-0.2, -0.15) is 5.10 Å². The van der Waals surface area contributed by atoms with Crippen LogP contribution in [0, 0.1) is 6.92 Å². The quantitative estimate of drug-likeness (QED) is 0.205. The highest BCUT2D eigenvalue weighted by Gasteiger charge is 2.14. The Kier molecular flexibility index (Phi) is 6.32. The van der Waals surface area contributed by atoms with Crippen molar-refractivity contribution in [2.24, 2.45) is 5.10 Å². The fraction of sp³-hybridized carbons (Fsp3) is 0.0833. The number of hydrazone groups is 1. The molecular formula is C24H20N4O3S. The largest absolute Gasteiger partial charge is 0.507 e. The van der Waals surface area contributed by atoms with Crippen LogP contribution < -0.4 is 11.0 Å². The third-order valence-corrected chi connectivity index (χ3v) is 5.64. The molecule has 0 atom stereocenters. The van der Waals surface area contributed by atoms with Crippen LogP contribution in [0.1, 0.15) is 11.1 Å². The van der Waals surface area contributed by atoms with E-state index in [1.54, 1.807) is 36.4 Å². The second kappa shape index (κ2) is 9.49. The first-order valence-electron chi connectivity index (χ1n) is 9.84. The summed E-state index contributed by atoms with van der Waals surface area (Å²) >= 11 is 1.15. The molecule has 0 spiro atoms. The van der Waals surface area contributed by atoms with Gasteiger partial charge in [-0.25, -0.2) is 10.4 Å². The van der Waals surface area contributed by atoms with Crippen LogP contribution in [0.15, 0.2) is 87.8 Å². The van der Waals surface area contributed by atoms with Crippen LogP contribution in [0.4, 0.5) is 0 Å². The minimum atomic E-state index is -0.362. The van der Waals surface area contributed by atoms with Gasteiger partial charge < -0.3 is 5.11 Å². The van der Waals surface area contributed by atoms with E-state index in [1.165, 1.54) is 16.8 Å². The van der Waals surface area contributed by atoms with Crippen molar-refractivity contribution >= 4 is 34.8 Å². The van der Waals surface area contributed by atoms with E-state index in [4.69, 9.17) is 0 Å². The maximum absolute atomic E-state index is 13.2. The fourth-order valence-electron chi connectivity index (χ4n) is 3.06. The Balaban J connectivity index is 1.57. The number of fused-ring (bicyclic) bond motifs is 1. The number of phenolic OH excluding ortho intramolecular Hbond substituents is 1. The highest BCUT2D eigenvalue weighted by Crippen LogP contribution is 2.21. The molecule has 4 rings (SSSR count). The van der Waals surface area contributed by atoms with Gasteiger partial charge in [-0.05, 0) is 43.3 Å². The highest BCUT2D eigenvalue weighted by molar-refractivity contribution is 7.99. The van der Waals surface area contributed by atoms with E-state index in [-0.39, 0.29) is 23.0 Å². The number of aromatic nitrogens is 2. The number of para-hydroxylation sites is 2. The molecule has 3 aromatic carbocycles. The number of phenols is 1. The highest BCUT2D eigenvalue weighted by atomic mass is 32.2. The van der Waals surface area contributed by atoms with E-state index >= 15 is 0 Å². The summed E-state index contributed by atoms with van der Waals surface area (Å²) in [5.74, 6) is -0.281. The number of carbonyl (C=O) groups is 1. The number of amides is 1. The zero-order valence-corrected chi connectivity index (χ0v) is 18.0. The van der Waals surface area contributed by atoms with Crippen LogP contribution in [0.2, 0.25) is 0 Å². The number of rotatable bonds is 6. The maximum Gasteiger partial charge on any atom is 0.266 e. The first kappa shape index (κ1) is 21.3. The summed E-state index contributed by atoms with van der Waals surface area (Å²) in [4.78, 5) is 30.1. The molecule has 8 heteroatoms. The molecule has 4 aromatic rings. The predicted molar refractivity (Wildman–Crippen MR) is 127 cm³/mol. The maximum atomic E-state index is 13.2. The number of aromatic hydroxyl groups is 1. The molecule has 32 heavy (non-hydrogen) atoms. The van der Waals surface area contributed by atoms with Gasteiger partial charge in [0, 0.05) is 5.56 Å². The van der Waals surface area contributed by atoms with Gasteiger partial charge in [-0.15, -0.1) is 0 Å². The summed E-state index contributed by atoms with van der Waals surface area (Å²) in [6.07, 6.45) is 1.37. The molecule has 0 unspecified atom stereocenters. The van der Waals surface area contributed by atoms with E-state index in [0.29, 0.717) is 27.3 Å². The molecule has 0 aliphatic rings. The van der Waals surface area contributed by atoms with E-state index in [1.807, 2.05) is 37.3 Å². The molecule has 0 aliphatic heterocycles. The lowest BCUT2D eigenvalue weighted by Gasteiger charge is -2.13. The Bertz CT molecular complexity index is 1360. The first-order valence-corrected chi connectivity index (χ1v) is 10.8. The number of benzene rings is 3. The molecule has 0 radical (unpaired) electrons. The normalized spacial score (nSPS) is 11.2. The molecule has 0 bridgehead atoms. The average Bonchev–Trinajstić information content (AvgIpc) is 2.80. The summed E-state index contributed by atoms with van der Waals surface area (Å²) in [5, 5.41) is 14.6. The van der Waals surface area contributed by atoms with Gasteiger partial charge in [0.2, 0.25) is 0 Å². The van der Waals surface area contributed by atoms with Crippen LogP contribution in [0.5, 0.6) is 5.75 Å². The lowest BCUT2D eigenvalue weighted by atomic mass is 10.2. The molecule has 0 fully saturated rings. The molecule has 1 heterocycles. The minimum Gasteiger partial charge on any atom is -0.507 e. The van der Waals surface area contributed by atoms with Gasteiger partial charge in [0.1, 0.15) is 5.75 Å². The van der Waals surface area contributed by atoms with Gasteiger partial charge in [0.25, 0.3) is 11.5 Å². The Hall–Kier alpha value is -3.91. The van der Waals surface area contributed by atoms with E-state index < -0.39 is 0 Å². The summed E-state index contributed by atoms with van der Waals surface area (Å²) in [7, 11) is 0. The van der Waals surface area contributed by atoms with Crippen LogP contribution >= 0.6 is 11.8 Å². The number of nitrogens with zero attached hydrogens (tertiary/aromatic N) is 3. The third-order valence-electron chi connectivity index (χ3n) is 4.70. The number of aryl methyl sites for hydroxylation is 1. The van der Waals surface area contributed by atoms with Crippen molar-refractivity contribution in [1.82, 2.24) is 15.0 Å².